The first-order chi connectivity index (χ1) is 8.92. The second-order valence-corrected chi connectivity index (χ2v) is 6.72. The molecule has 0 aromatic rings. The Morgan fingerprint density at radius 1 is 1.42 bits per heavy atom. The Morgan fingerprint density at radius 2 is 2.16 bits per heavy atom. The molecule has 7 heteroatoms. The molecule has 1 saturated carbocycles. The van der Waals surface area contributed by atoms with Gasteiger partial charge < -0.3 is 10.1 Å². The minimum Gasteiger partial charge on any atom is -0.466 e. The number of ether oxygens (including phenoxy) is 1. The molecule has 0 amide bonds. The Labute approximate surface area is 115 Å². The number of carbonyl (C=O) groups excluding carboxylic acids is 1. The van der Waals surface area contributed by atoms with Crippen molar-refractivity contribution in [3.8, 4) is 0 Å². The molecule has 2 atom stereocenters. The maximum absolute atomic E-state index is 11.7. The number of hydrogen-bond donors (Lipinski definition) is 2. The van der Waals surface area contributed by atoms with Crippen molar-refractivity contribution in [2.75, 3.05) is 18.9 Å². The molecule has 0 aromatic carbocycles. The zero-order valence-corrected chi connectivity index (χ0v) is 12.2. The lowest BCUT2D eigenvalue weighted by atomic mass is 9.85. The highest BCUT2D eigenvalue weighted by Gasteiger charge is 2.27. The van der Waals surface area contributed by atoms with Gasteiger partial charge in [-0.1, -0.05) is 6.42 Å². The first-order valence-corrected chi connectivity index (χ1v) is 8.54. The summed E-state index contributed by atoms with van der Waals surface area (Å²) in [5.74, 6) is -0.142. The summed E-state index contributed by atoms with van der Waals surface area (Å²) in [7, 11) is -3.37. The van der Waals surface area contributed by atoms with E-state index in [1.54, 1.807) is 0 Å². The Bertz CT molecular complexity index is 383. The van der Waals surface area contributed by atoms with Crippen molar-refractivity contribution < 1.29 is 17.9 Å². The van der Waals surface area contributed by atoms with Gasteiger partial charge in [0.1, 0.15) is 0 Å². The maximum atomic E-state index is 11.7. The summed E-state index contributed by atoms with van der Waals surface area (Å²) < 4.78 is 26.6. The van der Waals surface area contributed by atoms with Gasteiger partial charge in [-0.15, -0.1) is 0 Å². The van der Waals surface area contributed by atoms with E-state index in [2.05, 4.69) is 5.32 Å². The van der Waals surface area contributed by atoms with Gasteiger partial charge in [0.15, 0.2) is 0 Å². The van der Waals surface area contributed by atoms with Crippen molar-refractivity contribution in [3.63, 3.8) is 0 Å². The van der Waals surface area contributed by atoms with Crippen LogP contribution in [0, 0.1) is 5.92 Å². The molecule has 0 aliphatic heterocycles. The van der Waals surface area contributed by atoms with Gasteiger partial charge in [0, 0.05) is 6.04 Å². The quantitative estimate of drug-likeness (QED) is 0.522. The van der Waals surface area contributed by atoms with E-state index >= 15 is 0 Å². The number of rotatable bonds is 7. The highest BCUT2D eigenvalue weighted by atomic mass is 32.2. The highest BCUT2D eigenvalue weighted by molar-refractivity contribution is 7.89. The van der Waals surface area contributed by atoms with Gasteiger partial charge in [-0.2, -0.15) is 0 Å². The lowest BCUT2D eigenvalue weighted by Gasteiger charge is -2.28. The van der Waals surface area contributed by atoms with Crippen LogP contribution in [0.5, 0.6) is 0 Å². The standard InChI is InChI=1S/C12H24N2O4S/c1-2-18-12(15)10-5-3-6-11(9-10)14-7-4-8-19(13,16)17/h10-11,14H,2-9H2,1H3,(H2,13,16,17). The third kappa shape index (κ3) is 6.89. The third-order valence-corrected chi connectivity index (χ3v) is 4.19. The molecule has 0 radical (unpaired) electrons. The molecule has 1 aliphatic carbocycles. The van der Waals surface area contributed by atoms with Crippen LogP contribution >= 0.6 is 0 Å². The molecule has 0 aromatic heterocycles. The molecule has 0 saturated heterocycles. The summed E-state index contributed by atoms with van der Waals surface area (Å²) >= 11 is 0. The first-order valence-electron chi connectivity index (χ1n) is 6.83. The van der Waals surface area contributed by atoms with E-state index in [9.17, 15) is 13.2 Å². The molecular formula is C12H24N2O4S. The number of hydrogen-bond acceptors (Lipinski definition) is 5. The van der Waals surface area contributed by atoms with Crippen LogP contribution in [0.3, 0.4) is 0 Å². The molecular weight excluding hydrogens is 268 g/mol. The van der Waals surface area contributed by atoms with Crippen LogP contribution < -0.4 is 10.5 Å². The number of nitrogens with two attached hydrogens (primary N) is 1. The second-order valence-electron chi connectivity index (χ2n) is 4.99. The zero-order valence-electron chi connectivity index (χ0n) is 11.4. The fourth-order valence-corrected chi connectivity index (χ4v) is 2.98. The minimum absolute atomic E-state index is 0.00593. The number of sulfonamides is 1. The van der Waals surface area contributed by atoms with Crippen LogP contribution in [0.2, 0.25) is 0 Å². The summed E-state index contributed by atoms with van der Waals surface area (Å²) in [5, 5.41) is 8.23. The van der Waals surface area contributed by atoms with Crippen LogP contribution in [0.1, 0.15) is 39.0 Å². The van der Waals surface area contributed by atoms with Crippen molar-refractivity contribution in [3.05, 3.63) is 0 Å². The SMILES string of the molecule is CCOC(=O)C1CCCC(NCCCS(N)(=O)=O)C1. The molecule has 19 heavy (non-hydrogen) atoms. The highest BCUT2D eigenvalue weighted by Crippen LogP contribution is 2.25. The predicted octanol–water partition coefficient (Wildman–Crippen LogP) is 0.377. The largest absolute Gasteiger partial charge is 0.466 e. The van der Waals surface area contributed by atoms with E-state index in [4.69, 9.17) is 9.88 Å². The van der Waals surface area contributed by atoms with Crippen LogP contribution in [0.15, 0.2) is 0 Å². The van der Waals surface area contributed by atoms with Crippen LogP contribution in [0.4, 0.5) is 0 Å². The number of carbonyl (C=O) groups is 1. The summed E-state index contributed by atoms with van der Waals surface area (Å²) in [5.41, 5.74) is 0. The Hall–Kier alpha value is -0.660. The fraction of sp³-hybridized carbons (Fsp3) is 0.917. The average Bonchev–Trinajstić information content (AvgIpc) is 2.34. The van der Waals surface area contributed by atoms with Gasteiger partial charge in [0.2, 0.25) is 10.0 Å². The summed E-state index contributed by atoms with van der Waals surface area (Å²) in [6.45, 7) is 2.84. The van der Waals surface area contributed by atoms with E-state index in [0.29, 0.717) is 19.6 Å². The van der Waals surface area contributed by atoms with E-state index in [-0.39, 0.29) is 23.7 Å². The second kappa shape index (κ2) is 7.81. The maximum Gasteiger partial charge on any atom is 0.308 e. The summed E-state index contributed by atoms with van der Waals surface area (Å²) in [6, 6.07) is 0.267. The monoisotopic (exact) mass is 292 g/mol. The van der Waals surface area contributed by atoms with Crippen molar-refractivity contribution in [2.45, 2.75) is 45.1 Å². The predicted molar refractivity (Wildman–Crippen MR) is 73.0 cm³/mol. The molecule has 0 heterocycles. The van der Waals surface area contributed by atoms with E-state index < -0.39 is 10.0 Å². The molecule has 2 unspecified atom stereocenters. The van der Waals surface area contributed by atoms with Gasteiger partial charge in [0.25, 0.3) is 0 Å². The van der Waals surface area contributed by atoms with Crippen molar-refractivity contribution in [1.82, 2.24) is 5.32 Å². The van der Waals surface area contributed by atoms with Gasteiger partial charge in [-0.25, -0.2) is 13.6 Å². The molecule has 0 spiro atoms. The van der Waals surface area contributed by atoms with Gasteiger partial charge in [-0.05, 0) is 39.2 Å². The van der Waals surface area contributed by atoms with Crippen molar-refractivity contribution in [2.24, 2.45) is 11.1 Å². The van der Waals surface area contributed by atoms with Crippen molar-refractivity contribution in [1.29, 1.82) is 0 Å². The average molecular weight is 292 g/mol. The molecule has 112 valence electrons. The third-order valence-electron chi connectivity index (χ3n) is 3.33. The lowest BCUT2D eigenvalue weighted by Crippen LogP contribution is -2.38. The molecule has 3 N–H and O–H groups in total. The Balaban J connectivity index is 2.25. The molecule has 6 nitrogen and oxygen atoms in total. The normalized spacial score (nSPS) is 24.1. The number of esters is 1. The minimum atomic E-state index is -3.37. The smallest absolute Gasteiger partial charge is 0.308 e. The lowest BCUT2D eigenvalue weighted by molar-refractivity contribution is -0.149. The van der Waals surface area contributed by atoms with E-state index in [1.165, 1.54) is 0 Å². The Morgan fingerprint density at radius 3 is 2.79 bits per heavy atom. The topological polar surface area (TPSA) is 98.5 Å². The Kier molecular flexibility index (Phi) is 6.74. The molecule has 1 fully saturated rings. The van der Waals surface area contributed by atoms with Gasteiger partial charge in [-0.3, -0.25) is 4.79 Å². The number of nitrogens with one attached hydrogen (secondary N) is 1. The zero-order chi connectivity index (χ0) is 14.3. The fourth-order valence-electron chi connectivity index (χ4n) is 2.43. The van der Waals surface area contributed by atoms with Gasteiger partial charge in [0.05, 0.1) is 18.3 Å². The van der Waals surface area contributed by atoms with Crippen LogP contribution in [-0.2, 0) is 19.6 Å². The summed E-state index contributed by atoms with van der Waals surface area (Å²) in [4.78, 5) is 11.7. The van der Waals surface area contributed by atoms with Crippen LogP contribution in [-0.4, -0.2) is 39.3 Å². The molecule has 1 aliphatic rings. The number of primary sulfonamides is 1. The molecule has 0 bridgehead atoms. The van der Waals surface area contributed by atoms with Crippen molar-refractivity contribution >= 4 is 16.0 Å². The first kappa shape index (κ1) is 16.4. The van der Waals surface area contributed by atoms with E-state index in [0.717, 1.165) is 25.7 Å². The molecule has 1 rings (SSSR count). The van der Waals surface area contributed by atoms with Crippen LogP contribution in [0.25, 0.3) is 0 Å². The van der Waals surface area contributed by atoms with Gasteiger partial charge >= 0.3 is 5.97 Å². The van der Waals surface area contributed by atoms with E-state index in [1.807, 2.05) is 6.92 Å². The summed E-state index contributed by atoms with van der Waals surface area (Å²) in [6.07, 6.45) is 4.17.